The van der Waals surface area contributed by atoms with Gasteiger partial charge >= 0.3 is 5.97 Å². The number of ether oxygens (including phenoxy) is 1. The highest BCUT2D eigenvalue weighted by Gasteiger charge is 2.10. The second kappa shape index (κ2) is 7.46. The monoisotopic (exact) mass is 213 g/mol. The standard InChI is InChI=1S/C12H23NO2/c1-6-15-12(14)11(4)9-13(5)8-7-10(2)3/h10H,4,6-9H2,1-3,5H3. The summed E-state index contributed by atoms with van der Waals surface area (Å²) in [5, 5.41) is 0. The smallest absolute Gasteiger partial charge is 0.334 e. The SMILES string of the molecule is C=C(CN(C)CCC(C)C)C(=O)OCC. The zero-order valence-electron chi connectivity index (χ0n) is 10.4. The first-order valence-electron chi connectivity index (χ1n) is 5.50. The molecule has 0 aromatic carbocycles. The minimum Gasteiger partial charge on any atom is -0.463 e. The van der Waals surface area contributed by atoms with E-state index in [9.17, 15) is 4.79 Å². The summed E-state index contributed by atoms with van der Waals surface area (Å²) in [5.41, 5.74) is 0.531. The second-order valence-corrected chi connectivity index (χ2v) is 4.24. The Morgan fingerprint density at radius 2 is 2.07 bits per heavy atom. The van der Waals surface area contributed by atoms with Gasteiger partial charge in [-0.25, -0.2) is 4.79 Å². The third-order valence-corrected chi connectivity index (χ3v) is 2.11. The molecule has 0 spiro atoms. The van der Waals surface area contributed by atoms with Crippen molar-refractivity contribution in [3.8, 4) is 0 Å². The van der Waals surface area contributed by atoms with Gasteiger partial charge in [0.2, 0.25) is 0 Å². The van der Waals surface area contributed by atoms with Crippen molar-refractivity contribution in [1.82, 2.24) is 4.90 Å². The summed E-state index contributed by atoms with van der Waals surface area (Å²) in [5.74, 6) is 0.400. The van der Waals surface area contributed by atoms with E-state index in [1.165, 1.54) is 0 Å². The Bertz CT molecular complexity index is 212. The Morgan fingerprint density at radius 3 is 2.53 bits per heavy atom. The van der Waals surface area contributed by atoms with Crippen molar-refractivity contribution in [2.75, 3.05) is 26.7 Å². The molecule has 0 radical (unpaired) electrons. The van der Waals surface area contributed by atoms with E-state index in [1.54, 1.807) is 6.92 Å². The highest BCUT2D eigenvalue weighted by Crippen LogP contribution is 2.03. The lowest BCUT2D eigenvalue weighted by molar-refractivity contribution is -0.138. The maximum Gasteiger partial charge on any atom is 0.334 e. The first-order valence-corrected chi connectivity index (χ1v) is 5.50. The lowest BCUT2D eigenvalue weighted by Crippen LogP contribution is -2.26. The number of nitrogens with zero attached hydrogens (tertiary/aromatic N) is 1. The van der Waals surface area contributed by atoms with E-state index >= 15 is 0 Å². The van der Waals surface area contributed by atoms with Crippen LogP contribution in [-0.4, -0.2) is 37.6 Å². The van der Waals surface area contributed by atoms with Gasteiger partial charge in [-0.2, -0.15) is 0 Å². The van der Waals surface area contributed by atoms with Crippen LogP contribution < -0.4 is 0 Å². The largest absolute Gasteiger partial charge is 0.463 e. The lowest BCUT2D eigenvalue weighted by Gasteiger charge is -2.18. The summed E-state index contributed by atoms with van der Waals surface area (Å²) >= 11 is 0. The van der Waals surface area contributed by atoms with Crippen molar-refractivity contribution in [3.05, 3.63) is 12.2 Å². The maximum absolute atomic E-state index is 11.3. The number of likely N-dealkylation sites (N-methyl/N-ethyl adjacent to an activating group) is 1. The predicted octanol–water partition coefficient (Wildman–Crippen LogP) is 2.08. The molecule has 0 heterocycles. The summed E-state index contributed by atoms with van der Waals surface area (Å²) in [6.45, 7) is 11.9. The van der Waals surface area contributed by atoms with Gasteiger partial charge in [0.15, 0.2) is 0 Å². The molecule has 0 fully saturated rings. The molecule has 0 bridgehead atoms. The molecule has 0 atom stereocenters. The van der Waals surface area contributed by atoms with Gasteiger partial charge < -0.3 is 9.64 Å². The fraction of sp³-hybridized carbons (Fsp3) is 0.750. The molecule has 0 aliphatic rings. The van der Waals surface area contributed by atoms with Gasteiger partial charge in [-0.05, 0) is 32.9 Å². The highest BCUT2D eigenvalue weighted by atomic mass is 16.5. The molecule has 0 saturated carbocycles. The normalized spacial score (nSPS) is 10.8. The molecule has 15 heavy (non-hydrogen) atoms. The Labute approximate surface area is 93.1 Å². The highest BCUT2D eigenvalue weighted by molar-refractivity contribution is 5.88. The van der Waals surface area contributed by atoms with E-state index in [0.29, 0.717) is 24.6 Å². The third kappa shape index (κ3) is 7.14. The average Bonchev–Trinajstić information content (AvgIpc) is 2.15. The molecule has 3 nitrogen and oxygen atoms in total. The lowest BCUT2D eigenvalue weighted by atomic mass is 10.1. The summed E-state index contributed by atoms with van der Waals surface area (Å²) in [6, 6.07) is 0. The van der Waals surface area contributed by atoms with Crippen molar-refractivity contribution in [2.45, 2.75) is 27.2 Å². The summed E-state index contributed by atoms with van der Waals surface area (Å²) in [4.78, 5) is 13.4. The van der Waals surface area contributed by atoms with Crippen LogP contribution in [0.5, 0.6) is 0 Å². The number of esters is 1. The Kier molecular flexibility index (Phi) is 7.05. The molecular weight excluding hydrogens is 190 g/mol. The van der Waals surface area contributed by atoms with Gasteiger partial charge in [0.25, 0.3) is 0 Å². The van der Waals surface area contributed by atoms with Crippen LogP contribution in [0.4, 0.5) is 0 Å². The Hall–Kier alpha value is -0.830. The average molecular weight is 213 g/mol. The molecule has 0 rings (SSSR count). The Balaban J connectivity index is 3.80. The summed E-state index contributed by atoms with van der Waals surface area (Å²) in [6.07, 6.45) is 1.13. The van der Waals surface area contributed by atoms with Gasteiger partial charge in [0.1, 0.15) is 0 Å². The van der Waals surface area contributed by atoms with Crippen molar-refractivity contribution in [1.29, 1.82) is 0 Å². The van der Waals surface area contributed by atoms with Crippen LogP contribution in [0.2, 0.25) is 0 Å². The fourth-order valence-corrected chi connectivity index (χ4v) is 1.18. The van der Waals surface area contributed by atoms with Gasteiger partial charge in [-0.15, -0.1) is 0 Å². The van der Waals surface area contributed by atoms with Crippen molar-refractivity contribution in [2.24, 2.45) is 5.92 Å². The Morgan fingerprint density at radius 1 is 1.47 bits per heavy atom. The molecule has 0 unspecified atom stereocenters. The van der Waals surface area contributed by atoms with E-state index in [1.807, 2.05) is 7.05 Å². The molecular formula is C12H23NO2. The van der Waals surface area contributed by atoms with Crippen LogP contribution in [0.25, 0.3) is 0 Å². The number of carbonyl (C=O) groups excluding carboxylic acids is 1. The zero-order chi connectivity index (χ0) is 11.8. The molecule has 0 amide bonds. The molecule has 0 N–H and O–H groups in total. The summed E-state index contributed by atoms with van der Waals surface area (Å²) in [7, 11) is 1.99. The zero-order valence-corrected chi connectivity index (χ0v) is 10.4. The number of rotatable bonds is 7. The summed E-state index contributed by atoms with van der Waals surface area (Å²) < 4.78 is 4.86. The number of hydrogen-bond acceptors (Lipinski definition) is 3. The number of carbonyl (C=O) groups is 1. The van der Waals surface area contributed by atoms with Gasteiger partial charge in [-0.3, -0.25) is 0 Å². The first kappa shape index (κ1) is 14.2. The predicted molar refractivity (Wildman–Crippen MR) is 62.7 cm³/mol. The van der Waals surface area contributed by atoms with Crippen molar-refractivity contribution >= 4 is 5.97 Å². The van der Waals surface area contributed by atoms with Crippen LogP contribution in [-0.2, 0) is 9.53 Å². The molecule has 0 aliphatic carbocycles. The minimum atomic E-state index is -0.283. The molecule has 3 heteroatoms. The van der Waals surface area contributed by atoms with Crippen LogP contribution >= 0.6 is 0 Å². The first-order chi connectivity index (χ1) is 6.97. The third-order valence-electron chi connectivity index (χ3n) is 2.11. The van der Waals surface area contributed by atoms with E-state index in [2.05, 4.69) is 25.3 Å². The van der Waals surface area contributed by atoms with E-state index in [4.69, 9.17) is 4.74 Å². The van der Waals surface area contributed by atoms with Gasteiger partial charge in [0.05, 0.1) is 6.61 Å². The maximum atomic E-state index is 11.3. The van der Waals surface area contributed by atoms with Crippen LogP contribution in [0, 0.1) is 5.92 Å². The van der Waals surface area contributed by atoms with E-state index in [0.717, 1.165) is 13.0 Å². The van der Waals surface area contributed by atoms with E-state index < -0.39 is 0 Å². The van der Waals surface area contributed by atoms with Crippen molar-refractivity contribution < 1.29 is 9.53 Å². The molecule has 0 aliphatic heterocycles. The fourth-order valence-electron chi connectivity index (χ4n) is 1.18. The molecule has 0 aromatic heterocycles. The molecule has 88 valence electrons. The molecule has 0 saturated heterocycles. The number of hydrogen-bond donors (Lipinski definition) is 0. The topological polar surface area (TPSA) is 29.5 Å². The van der Waals surface area contributed by atoms with Crippen LogP contribution in [0.1, 0.15) is 27.2 Å². The van der Waals surface area contributed by atoms with Crippen molar-refractivity contribution in [3.63, 3.8) is 0 Å². The van der Waals surface area contributed by atoms with Crippen LogP contribution in [0.3, 0.4) is 0 Å². The van der Waals surface area contributed by atoms with Gasteiger partial charge in [-0.1, -0.05) is 20.4 Å². The van der Waals surface area contributed by atoms with E-state index in [-0.39, 0.29) is 5.97 Å². The second-order valence-electron chi connectivity index (χ2n) is 4.24. The van der Waals surface area contributed by atoms with Crippen LogP contribution in [0.15, 0.2) is 12.2 Å². The molecule has 0 aromatic rings. The van der Waals surface area contributed by atoms with Gasteiger partial charge in [0, 0.05) is 12.1 Å². The minimum absolute atomic E-state index is 0.283. The quantitative estimate of drug-likeness (QED) is 0.479.